The Morgan fingerprint density at radius 2 is 1.96 bits per heavy atom. The highest BCUT2D eigenvalue weighted by molar-refractivity contribution is 5.77. The Morgan fingerprint density at radius 3 is 2.50 bits per heavy atom. The molecule has 0 unspecified atom stereocenters. The van der Waals surface area contributed by atoms with Crippen molar-refractivity contribution in [3.8, 4) is 0 Å². The molecule has 0 spiro atoms. The Labute approximate surface area is 156 Å². The molecule has 0 radical (unpaired) electrons. The van der Waals surface area contributed by atoms with Crippen LogP contribution in [-0.4, -0.2) is 24.9 Å². The highest BCUT2D eigenvalue weighted by atomic mass is 19.4. The minimum Gasteiger partial charge on any atom is -0.390 e. The number of aromatic amines is 1. The molecule has 3 aromatic rings. The third-order valence-electron chi connectivity index (χ3n) is 4.44. The maximum Gasteiger partial charge on any atom is 0.419 e. The van der Waals surface area contributed by atoms with Crippen LogP contribution in [-0.2, 0) is 12.8 Å². The molecule has 2 heterocycles. The Morgan fingerprint density at radius 1 is 1.29 bits per heavy atom. The van der Waals surface area contributed by atoms with Crippen LogP contribution in [0.5, 0.6) is 0 Å². The fraction of sp³-hybridized carbons (Fsp3) is 0.389. The summed E-state index contributed by atoms with van der Waals surface area (Å²) in [5.41, 5.74) is -1.34. The number of hydrogen-bond acceptors (Lipinski definition) is 4. The number of aryl methyl sites for hydroxylation is 1. The summed E-state index contributed by atoms with van der Waals surface area (Å²) in [5, 5.41) is 13.9. The number of H-pyrrole nitrogens is 1. The van der Waals surface area contributed by atoms with E-state index in [2.05, 4.69) is 15.1 Å². The second-order valence-corrected chi connectivity index (χ2v) is 6.83. The first-order chi connectivity index (χ1) is 13.0. The minimum absolute atomic E-state index is 0.0850. The molecule has 0 saturated carbocycles. The number of hydrogen-bond donors (Lipinski definition) is 2. The van der Waals surface area contributed by atoms with E-state index in [-0.39, 0.29) is 28.2 Å². The smallest absolute Gasteiger partial charge is 0.390 e. The van der Waals surface area contributed by atoms with Crippen molar-refractivity contribution in [1.82, 2.24) is 19.7 Å². The van der Waals surface area contributed by atoms with E-state index in [0.29, 0.717) is 11.9 Å². The molecule has 0 bridgehead atoms. The first-order valence-electron chi connectivity index (χ1n) is 8.50. The van der Waals surface area contributed by atoms with Gasteiger partial charge >= 0.3 is 6.18 Å². The number of fused-ring (bicyclic) bond motifs is 1. The van der Waals surface area contributed by atoms with Crippen LogP contribution in [0.3, 0.4) is 0 Å². The van der Waals surface area contributed by atoms with Gasteiger partial charge in [-0.25, -0.2) is 14.1 Å². The lowest BCUT2D eigenvalue weighted by molar-refractivity contribution is -0.140. The van der Waals surface area contributed by atoms with Crippen LogP contribution in [0.25, 0.3) is 11.0 Å². The van der Waals surface area contributed by atoms with Crippen molar-refractivity contribution in [3.63, 3.8) is 0 Å². The normalized spacial score (nSPS) is 13.5. The number of aromatic nitrogens is 4. The Kier molecular flexibility index (Phi) is 5.00. The van der Waals surface area contributed by atoms with Crippen molar-refractivity contribution in [2.24, 2.45) is 5.92 Å². The number of halogens is 4. The van der Waals surface area contributed by atoms with E-state index in [1.165, 1.54) is 10.7 Å². The largest absolute Gasteiger partial charge is 0.419 e. The topological polar surface area (TPSA) is 83.8 Å². The molecule has 1 aromatic carbocycles. The van der Waals surface area contributed by atoms with Gasteiger partial charge in [0.1, 0.15) is 22.7 Å². The fourth-order valence-electron chi connectivity index (χ4n) is 3.28. The summed E-state index contributed by atoms with van der Waals surface area (Å²) in [6.07, 6.45) is -4.80. The van der Waals surface area contributed by atoms with Gasteiger partial charge in [0.05, 0.1) is 18.2 Å². The van der Waals surface area contributed by atoms with E-state index in [9.17, 15) is 27.5 Å². The van der Waals surface area contributed by atoms with Crippen molar-refractivity contribution in [3.05, 3.63) is 57.0 Å². The minimum atomic E-state index is -4.80. The molecule has 6 nitrogen and oxygen atoms in total. The monoisotopic (exact) mass is 398 g/mol. The summed E-state index contributed by atoms with van der Waals surface area (Å²) in [6, 6.07) is 1.99. The molecule has 2 N–H and O–H groups in total. The summed E-state index contributed by atoms with van der Waals surface area (Å²) in [4.78, 5) is 19.1. The number of aliphatic hydroxyl groups excluding tert-OH is 1. The van der Waals surface area contributed by atoms with Crippen LogP contribution in [0.4, 0.5) is 17.6 Å². The maximum absolute atomic E-state index is 14.1. The molecule has 10 heteroatoms. The van der Waals surface area contributed by atoms with Crippen molar-refractivity contribution in [2.75, 3.05) is 0 Å². The molecule has 28 heavy (non-hydrogen) atoms. The standard InChI is InChI=1S/C18H18F4N4O2/c1-8(2)15(10-4-5-11(12(19)6-10)18(20,21)22)26-16-14(13(7-27)25-26)17(28)24-9(3)23-16/h4-6,8,15,27H,7H2,1-3H3,(H,23,24,28)/t15-/m0/s1. The van der Waals surface area contributed by atoms with Gasteiger partial charge in [-0.3, -0.25) is 4.79 Å². The van der Waals surface area contributed by atoms with E-state index in [4.69, 9.17) is 0 Å². The summed E-state index contributed by atoms with van der Waals surface area (Å²) < 4.78 is 54.1. The zero-order valence-electron chi connectivity index (χ0n) is 15.3. The number of nitrogens with one attached hydrogen (secondary N) is 1. The van der Waals surface area contributed by atoms with Gasteiger partial charge in [0.25, 0.3) is 5.56 Å². The Hall–Kier alpha value is -2.75. The molecule has 0 aliphatic rings. The second-order valence-electron chi connectivity index (χ2n) is 6.83. The lowest BCUT2D eigenvalue weighted by atomic mass is 9.95. The third kappa shape index (κ3) is 3.39. The van der Waals surface area contributed by atoms with E-state index in [1.54, 1.807) is 20.8 Å². The van der Waals surface area contributed by atoms with E-state index >= 15 is 0 Å². The van der Waals surface area contributed by atoms with Crippen LogP contribution < -0.4 is 5.56 Å². The number of nitrogens with zero attached hydrogens (tertiary/aromatic N) is 3. The average molecular weight is 398 g/mol. The second kappa shape index (κ2) is 7.01. The van der Waals surface area contributed by atoms with Crippen molar-refractivity contribution in [1.29, 1.82) is 0 Å². The highest BCUT2D eigenvalue weighted by Gasteiger charge is 2.35. The predicted octanol–water partition coefficient (Wildman–Crippen LogP) is 3.32. The van der Waals surface area contributed by atoms with Gasteiger partial charge in [-0.05, 0) is 30.5 Å². The van der Waals surface area contributed by atoms with E-state index in [0.717, 1.165) is 6.07 Å². The number of benzene rings is 1. The summed E-state index contributed by atoms with van der Waals surface area (Å²) in [5.74, 6) is -1.31. The van der Waals surface area contributed by atoms with Gasteiger partial charge in [0.15, 0.2) is 5.65 Å². The van der Waals surface area contributed by atoms with Crippen molar-refractivity contribution < 1.29 is 22.7 Å². The molecule has 150 valence electrons. The molecule has 3 rings (SSSR count). The van der Waals surface area contributed by atoms with Crippen LogP contribution in [0.15, 0.2) is 23.0 Å². The highest BCUT2D eigenvalue weighted by Crippen LogP contribution is 2.35. The van der Waals surface area contributed by atoms with Crippen LogP contribution >= 0.6 is 0 Å². The molecule has 0 saturated heterocycles. The van der Waals surface area contributed by atoms with Crippen LogP contribution in [0.2, 0.25) is 0 Å². The van der Waals surface area contributed by atoms with Gasteiger partial charge in [0, 0.05) is 0 Å². The quantitative estimate of drug-likeness (QED) is 0.661. The van der Waals surface area contributed by atoms with Gasteiger partial charge in [-0.1, -0.05) is 19.9 Å². The molecule has 0 aliphatic carbocycles. The van der Waals surface area contributed by atoms with Crippen molar-refractivity contribution >= 4 is 11.0 Å². The molecule has 0 fully saturated rings. The average Bonchev–Trinajstić information content (AvgIpc) is 2.92. The fourth-order valence-corrected chi connectivity index (χ4v) is 3.28. The molecule has 2 aromatic heterocycles. The van der Waals surface area contributed by atoms with E-state index < -0.39 is 35.8 Å². The summed E-state index contributed by atoms with van der Waals surface area (Å²) in [7, 11) is 0. The third-order valence-corrected chi connectivity index (χ3v) is 4.44. The number of alkyl halides is 3. The van der Waals surface area contributed by atoms with Gasteiger partial charge in [-0.15, -0.1) is 0 Å². The molecule has 0 amide bonds. The molecular formula is C18H18F4N4O2. The van der Waals surface area contributed by atoms with Crippen molar-refractivity contribution in [2.45, 2.75) is 39.6 Å². The zero-order valence-corrected chi connectivity index (χ0v) is 15.3. The summed E-state index contributed by atoms with van der Waals surface area (Å²) >= 11 is 0. The maximum atomic E-state index is 14.1. The zero-order chi connectivity index (χ0) is 20.8. The Bertz CT molecular complexity index is 1090. The molecule has 1 atom stereocenters. The summed E-state index contributed by atoms with van der Waals surface area (Å²) in [6.45, 7) is 4.61. The molecule has 0 aliphatic heterocycles. The number of aliphatic hydroxyl groups is 1. The first kappa shape index (κ1) is 20.0. The predicted molar refractivity (Wildman–Crippen MR) is 93.2 cm³/mol. The van der Waals surface area contributed by atoms with Crippen LogP contribution in [0.1, 0.15) is 42.5 Å². The Balaban J connectivity index is 2.25. The molecular weight excluding hydrogens is 380 g/mol. The lowest BCUT2D eigenvalue weighted by Crippen LogP contribution is -2.20. The lowest BCUT2D eigenvalue weighted by Gasteiger charge is -2.23. The van der Waals surface area contributed by atoms with E-state index in [1.807, 2.05) is 0 Å². The first-order valence-corrected chi connectivity index (χ1v) is 8.50. The van der Waals surface area contributed by atoms with Crippen LogP contribution in [0, 0.1) is 18.7 Å². The number of rotatable bonds is 4. The van der Waals surface area contributed by atoms with Gasteiger partial charge < -0.3 is 10.1 Å². The van der Waals surface area contributed by atoms with Gasteiger partial charge in [-0.2, -0.15) is 18.3 Å². The SMILES string of the molecule is Cc1nc2c(c(CO)nn2[C@H](c2ccc(C(F)(F)F)c(F)c2)C(C)C)c(=O)[nH]1. The van der Waals surface area contributed by atoms with Gasteiger partial charge in [0.2, 0.25) is 0 Å².